The molecule has 4 rings (SSSR count). The monoisotopic (exact) mass is 437 g/mol. The Morgan fingerprint density at radius 2 is 1.87 bits per heavy atom. The number of amides is 1. The Hall–Kier alpha value is -3.49. The van der Waals surface area contributed by atoms with Gasteiger partial charge in [0.15, 0.2) is 0 Å². The number of ether oxygens (including phenoxy) is 1. The summed E-state index contributed by atoms with van der Waals surface area (Å²) in [6, 6.07) is 13.7. The number of nitrogens with two attached hydrogens (primary N) is 1. The number of hydrogen-bond acceptors (Lipinski definition) is 6. The van der Waals surface area contributed by atoms with Crippen molar-refractivity contribution in [3.63, 3.8) is 0 Å². The number of aromatic nitrogens is 1. The van der Waals surface area contributed by atoms with Crippen LogP contribution in [-0.2, 0) is 4.74 Å². The van der Waals surface area contributed by atoms with E-state index in [1.807, 2.05) is 0 Å². The first-order valence-corrected chi connectivity index (χ1v) is 10.0. The number of aliphatic imine (C=N–C) groups is 1. The molecule has 0 saturated carbocycles. The molecule has 1 aromatic heterocycles. The van der Waals surface area contributed by atoms with Crippen LogP contribution in [0.25, 0.3) is 10.9 Å². The number of halogens is 1. The molecule has 158 valence electrons. The van der Waals surface area contributed by atoms with Gasteiger partial charge in [0.05, 0.1) is 30.7 Å². The molecule has 2 heterocycles. The lowest BCUT2D eigenvalue weighted by molar-refractivity contribution is 0.0303. The fourth-order valence-corrected chi connectivity index (χ4v) is 3.50. The molecule has 1 amide bonds. The number of hydrazone groups is 1. The molecule has 0 unspecified atom stereocenters. The quantitative estimate of drug-likeness (QED) is 0.371. The number of nitrogens with one attached hydrogen (secondary N) is 1. The highest BCUT2D eigenvalue weighted by Crippen LogP contribution is 2.18. The van der Waals surface area contributed by atoms with E-state index in [0.29, 0.717) is 48.1 Å². The van der Waals surface area contributed by atoms with Gasteiger partial charge in [-0.05, 0) is 48.5 Å². The van der Waals surface area contributed by atoms with Crippen molar-refractivity contribution < 1.29 is 9.53 Å². The molecule has 0 aliphatic carbocycles. The van der Waals surface area contributed by atoms with Gasteiger partial charge < -0.3 is 20.5 Å². The SMILES string of the molecule is NN=C(C=Nc1ccc(C(=O)N2CCOCC2)cc1)c1cc2cc(Cl)ccc2[nH]c1=O. The zero-order chi connectivity index (χ0) is 21.8. The maximum Gasteiger partial charge on any atom is 0.258 e. The fraction of sp³-hybridized carbons (Fsp3) is 0.182. The normalized spacial score (nSPS) is 15.0. The molecule has 0 atom stereocenters. The van der Waals surface area contributed by atoms with E-state index in [2.05, 4.69) is 15.1 Å². The van der Waals surface area contributed by atoms with Crippen molar-refractivity contribution in [2.24, 2.45) is 15.9 Å². The molecule has 1 fully saturated rings. The predicted octanol–water partition coefficient (Wildman–Crippen LogP) is 2.72. The van der Waals surface area contributed by atoms with Crippen molar-refractivity contribution in [3.8, 4) is 0 Å². The van der Waals surface area contributed by atoms with Gasteiger partial charge in [-0.25, -0.2) is 0 Å². The maximum absolute atomic E-state index is 12.5. The van der Waals surface area contributed by atoms with Gasteiger partial charge in [0, 0.05) is 34.6 Å². The third kappa shape index (κ3) is 4.65. The van der Waals surface area contributed by atoms with Crippen molar-refractivity contribution in [2.75, 3.05) is 26.3 Å². The highest BCUT2D eigenvalue weighted by Gasteiger charge is 2.18. The van der Waals surface area contributed by atoms with Crippen LogP contribution >= 0.6 is 11.6 Å². The third-order valence-corrected chi connectivity index (χ3v) is 5.20. The molecule has 1 saturated heterocycles. The molecule has 31 heavy (non-hydrogen) atoms. The standard InChI is InChI=1S/C22H20ClN5O3/c23-16-3-6-19-15(11-16)12-18(21(29)26-19)20(27-24)13-25-17-4-1-14(2-5-17)22(30)28-7-9-31-10-8-28/h1-6,11-13H,7-10,24H2,(H,26,29). The van der Waals surface area contributed by atoms with Crippen molar-refractivity contribution in [1.82, 2.24) is 9.88 Å². The van der Waals surface area contributed by atoms with Crippen LogP contribution in [0.1, 0.15) is 15.9 Å². The van der Waals surface area contributed by atoms with E-state index < -0.39 is 0 Å². The zero-order valence-corrected chi connectivity index (χ0v) is 17.3. The Bertz CT molecular complexity index is 1230. The number of hydrogen-bond donors (Lipinski definition) is 2. The Morgan fingerprint density at radius 1 is 1.13 bits per heavy atom. The lowest BCUT2D eigenvalue weighted by Gasteiger charge is -2.26. The van der Waals surface area contributed by atoms with E-state index in [9.17, 15) is 9.59 Å². The molecule has 3 N–H and O–H groups in total. The van der Waals surface area contributed by atoms with Gasteiger partial charge >= 0.3 is 0 Å². The summed E-state index contributed by atoms with van der Waals surface area (Å²) in [6.07, 6.45) is 1.42. The van der Waals surface area contributed by atoms with Crippen LogP contribution in [0.15, 0.2) is 63.4 Å². The average molecular weight is 438 g/mol. The van der Waals surface area contributed by atoms with Crippen LogP contribution < -0.4 is 11.4 Å². The Labute approximate surface area is 183 Å². The van der Waals surface area contributed by atoms with E-state index in [4.69, 9.17) is 22.2 Å². The van der Waals surface area contributed by atoms with Gasteiger partial charge in [0.2, 0.25) is 0 Å². The lowest BCUT2D eigenvalue weighted by atomic mass is 10.1. The molecule has 0 bridgehead atoms. The van der Waals surface area contributed by atoms with E-state index >= 15 is 0 Å². The van der Waals surface area contributed by atoms with Crippen molar-refractivity contribution >= 4 is 46.0 Å². The summed E-state index contributed by atoms with van der Waals surface area (Å²) < 4.78 is 5.28. The Morgan fingerprint density at radius 3 is 2.58 bits per heavy atom. The molecule has 8 nitrogen and oxygen atoms in total. The largest absolute Gasteiger partial charge is 0.378 e. The molecule has 1 aliphatic heterocycles. The smallest absolute Gasteiger partial charge is 0.258 e. The van der Waals surface area contributed by atoms with Crippen LogP contribution in [0, 0.1) is 0 Å². The topological polar surface area (TPSA) is 113 Å². The summed E-state index contributed by atoms with van der Waals surface area (Å²) in [7, 11) is 0. The summed E-state index contributed by atoms with van der Waals surface area (Å²) in [5.41, 5.74) is 2.00. The Balaban J connectivity index is 1.54. The first-order chi connectivity index (χ1) is 15.0. The van der Waals surface area contributed by atoms with Crippen molar-refractivity contribution in [3.05, 3.63) is 75.0 Å². The number of nitrogens with zero attached hydrogens (tertiary/aromatic N) is 3. The van der Waals surface area contributed by atoms with Crippen LogP contribution in [0.3, 0.4) is 0 Å². The van der Waals surface area contributed by atoms with E-state index in [-0.39, 0.29) is 22.7 Å². The summed E-state index contributed by atoms with van der Waals surface area (Å²) in [5.74, 6) is 5.48. The number of morpholine rings is 1. The Kier molecular flexibility index (Phi) is 6.11. The van der Waals surface area contributed by atoms with Crippen molar-refractivity contribution in [2.45, 2.75) is 0 Å². The predicted molar refractivity (Wildman–Crippen MR) is 122 cm³/mol. The van der Waals surface area contributed by atoms with Gasteiger partial charge in [-0.2, -0.15) is 5.10 Å². The second-order valence-electron chi connectivity index (χ2n) is 6.97. The maximum atomic E-state index is 12.5. The molecule has 3 aromatic rings. The second kappa shape index (κ2) is 9.11. The highest BCUT2D eigenvalue weighted by molar-refractivity contribution is 6.38. The van der Waals surface area contributed by atoms with Crippen LogP contribution in [0.4, 0.5) is 5.69 Å². The number of rotatable bonds is 4. The number of benzene rings is 2. The van der Waals surface area contributed by atoms with Crippen molar-refractivity contribution in [1.29, 1.82) is 0 Å². The van der Waals surface area contributed by atoms with E-state index in [1.54, 1.807) is 53.4 Å². The van der Waals surface area contributed by atoms with Gasteiger partial charge in [-0.15, -0.1) is 0 Å². The first kappa shape index (κ1) is 20.8. The van der Waals surface area contributed by atoms with Crippen LogP contribution in [-0.4, -0.2) is 54.0 Å². The fourth-order valence-electron chi connectivity index (χ4n) is 3.31. The number of pyridine rings is 1. The number of H-pyrrole nitrogens is 1. The van der Waals surface area contributed by atoms with Gasteiger partial charge in [-0.3, -0.25) is 14.6 Å². The molecular formula is C22H20ClN5O3. The summed E-state index contributed by atoms with van der Waals surface area (Å²) >= 11 is 6.04. The summed E-state index contributed by atoms with van der Waals surface area (Å²) in [6.45, 7) is 2.27. The van der Waals surface area contributed by atoms with Gasteiger partial charge in [0.1, 0.15) is 5.71 Å². The van der Waals surface area contributed by atoms with E-state index in [0.717, 1.165) is 5.39 Å². The third-order valence-electron chi connectivity index (χ3n) is 4.97. The number of carbonyl (C=O) groups excluding carboxylic acids is 1. The lowest BCUT2D eigenvalue weighted by Crippen LogP contribution is -2.40. The molecular weight excluding hydrogens is 418 g/mol. The van der Waals surface area contributed by atoms with Crippen LogP contribution in [0.2, 0.25) is 5.02 Å². The highest BCUT2D eigenvalue weighted by atomic mass is 35.5. The zero-order valence-electron chi connectivity index (χ0n) is 16.5. The summed E-state index contributed by atoms with van der Waals surface area (Å²) in [4.78, 5) is 33.9. The minimum Gasteiger partial charge on any atom is -0.378 e. The minimum atomic E-state index is -0.336. The van der Waals surface area contributed by atoms with Crippen LogP contribution in [0.5, 0.6) is 0 Å². The molecule has 1 aliphatic rings. The molecule has 9 heteroatoms. The van der Waals surface area contributed by atoms with Gasteiger partial charge in [0.25, 0.3) is 11.5 Å². The first-order valence-electron chi connectivity index (χ1n) is 9.67. The van der Waals surface area contributed by atoms with E-state index in [1.165, 1.54) is 6.21 Å². The van der Waals surface area contributed by atoms with Gasteiger partial charge in [-0.1, -0.05) is 11.6 Å². The number of fused-ring (bicyclic) bond motifs is 1. The molecule has 2 aromatic carbocycles. The minimum absolute atomic E-state index is 0.0376. The number of carbonyl (C=O) groups is 1. The molecule has 0 radical (unpaired) electrons. The number of aromatic amines is 1. The second-order valence-corrected chi connectivity index (χ2v) is 7.40. The summed E-state index contributed by atoms with van der Waals surface area (Å²) in [5, 5.41) is 5.02. The molecule has 0 spiro atoms. The average Bonchev–Trinajstić information content (AvgIpc) is 2.80.